The van der Waals surface area contributed by atoms with Crippen molar-refractivity contribution in [2.24, 2.45) is 0 Å². The van der Waals surface area contributed by atoms with Gasteiger partial charge in [0.1, 0.15) is 0 Å². The van der Waals surface area contributed by atoms with Gasteiger partial charge >= 0.3 is 0 Å². The fourth-order valence-electron chi connectivity index (χ4n) is 2.88. The van der Waals surface area contributed by atoms with Gasteiger partial charge in [0.25, 0.3) is 11.7 Å². The second-order valence-corrected chi connectivity index (χ2v) is 7.69. The van der Waals surface area contributed by atoms with Crippen LogP contribution in [-0.4, -0.2) is 61.4 Å². The second-order valence-electron chi connectivity index (χ2n) is 5.75. The number of Topliss-reactive ketones (excluding diaryl/α,β-unsaturated/α-hetero) is 1. The third-order valence-corrected chi connectivity index (χ3v) is 6.12. The minimum absolute atomic E-state index is 0.0256. The third-order valence-electron chi connectivity index (χ3n) is 4.23. The van der Waals surface area contributed by atoms with Crippen LogP contribution in [0.5, 0.6) is 0 Å². The maximum Gasteiger partial charge on any atom is 0.296 e. The van der Waals surface area contributed by atoms with Crippen LogP contribution in [0.15, 0.2) is 23.1 Å². The number of rotatable bonds is 2. The van der Waals surface area contributed by atoms with E-state index in [2.05, 4.69) is 5.32 Å². The van der Waals surface area contributed by atoms with Crippen LogP contribution in [-0.2, 0) is 19.6 Å². The quantitative estimate of drug-likeness (QED) is 0.759. The van der Waals surface area contributed by atoms with Crippen LogP contribution in [0.25, 0.3) is 0 Å². The Balaban J connectivity index is 1.88. The first-order valence-corrected chi connectivity index (χ1v) is 9.00. The van der Waals surface area contributed by atoms with E-state index in [1.165, 1.54) is 29.4 Å². The Labute approximate surface area is 139 Å². The summed E-state index contributed by atoms with van der Waals surface area (Å²) in [5.74, 6) is -1.57. The van der Waals surface area contributed by atoms with E-state index in [1.54, 1.807) is 4.90 Å². The molecule has 2 heterocycles. The highest BCUT2D eigenvalue weighted by Crippen LogP contribution is 2.27. The molecule has 1 aromatic carbocycles. The number of hydrogen-bond acceptors (Lipinski definition) is 5. The van der Waals surface area contributed by atoms with E-state index in [9.17, 15) is 22.8 Å². The smallest absolute Gasteiger partial charge is 0.296 e. The number of hydrogen-bond donors (Lipinski definition) is 1. The number of benzene rings is 1. The fourth-order valence-corrected chi connectivity index (χ4v) is 4.38. The van der Waals surface area contributed by atoms with Gasteiger partial charge < -0.3 is 10.2 Å². The molecule has 9 heteroatoms. The lowest BCUT2D eigenvalue weighted by atomic mass is 10.1. The average Bonchev–Trinajstić information content (AvgIpc) is 2.72. The first-order valence-electron chi connectivity index (χ1n) is 7.56. The SMILES string of the molecule is CC(=O)N1CCCN(S(=O)(=O)c2ccc3c(c2)C(=O)C(=O)N3)CC1. The number of nitrogens with one attached hydrogen (secondary N) is 1. The molecule has 0 spiro atoms. The summed E-state index contributed by atoms with van der Waals surface area (Å²) < 4.78 is 26.9. The van der Waals surface area contributed by atoms with Gasteiger partial charge in [-0.05, 0) is 24.6 Å². The van der Waals surface area contributed by atoms with Crippen molar-refractivity contribution in [2.75, 3.05) is 31.5 Å². The van der Waals surface area contributed by atoms with Gasteiger partial charge in [-0.2, -0.15) is 4.31 Å². The van der Waals surface area contributed by atoms with Crippen LogP contribution in [0.2, 0.25) is 0 Å². The topological polar surface area (TPSA) is 104 Å². The van der Waals surface area contributed by atoms with Gasteiger partial charge in [-0.3, -0.25) is 14.4 Å². The van der Waals surface area contributed by atoms with E-state index < -0.39 is 21.7 Å². The summed E-state index contributed by atoms with van der Waals surface area (Å²) in [6.07, 6.45) is 0.544. The number of anilines is 1. The number of nitrogens with zero attached hydrogens (tertiary/aromatic N) is 2. The number of fused-ring (bicyclic) bond motifs is 1. The normalized spacial score (nSPS) is 19.0. The largest absolute Gasteiger partial charge is 0.342 e. The summed E-state index contributed by atoms with van der Waals surface area (Å²) in [5.41, 5.74) is 0.392. The number of sulfonamides is 1. The zero-order valence-electron chi connectivity index (χ0n) is 13.1. The maximum atomic E-state index is 12.8. The Morgan fingerprint density at radius 3 is 2.58 bits per heavy atom. The zero-order chi connectivity index (χ0) is 17.5. The monoisotopic (exact) mass is 351 g/mol. The summed E-state index contributed by atoms with van der Waals surface area (Å²) in [6.45, 7) is 2.81. The molecule has 128 valence electrons. The van der Waals surface area contributed by atoms with Gasteiger partial charge in [-0.15, -0.1) is 0 Å². The van der Waals surface area contributed by atoms with Crippen LogP contribution in [0, 0.1) is 0 Å². The van der Waals surface area contributed by atoms with E-state index >= 15 is 0 Å². The van der Waals surface area contributed by atoms with Crippen molar-refractivity contribution in [3.8, 4) is 0 Å². The highest BCUT2D eigenvalue weighted by molar-refractivity contribution is 7.89. The van der Waals surface area contributed by atoms with E-state index in [1.807, 2.05) is 0 Å². The Morgan fingerprint density at radius 1 is 1.12 bits per heavy atom. The first kappa shape index (κ1) is 16.6. The molecular formula is C15H17N3O5S. The molecule has 0 aliphatic carbocycles. The molecule has 0 atom stereocenters. The molecule has 8 nitrogen and oxygen atoms in total. The maximum absolute atomic E-state index is 12.8. The zero-order valence-corrected chi connectivity index (χ0v) is 13.9. The van der Waals surface area contributed by atoms with E-state index in [4.69, 9.17) is 0 Å². The molecule has 0 aromatic heterocycles. The average molecular weight is 351 g/mol. The van der Waals surface area contributed by atoms with Crippen LogP contribution in [0.3, 0.4) is 0 Å². The van der Waals surface area contributed by atoms with Crippen LogP contribution in [0.1, 0.15) is 23.7 Å². The Bertz CT molecular complexity index is 834. The van der Waals surface area contributed by atoms with Crippen molar-refractivity contribution in [3.05, 3.63) is 23.8 Å². The van der Waals surface area contributed by atoms with Crippen molar-refractivity contribution in [2.45, 2.75) is 18.2 Å². The lowest BCUT2D eigenvalue weighted by Gasteiger charge is -2.21. The number of carbonyl (C=O) groups is 3. The van der Waals surface area contributed by atoms with E-state index in [-0.39, 0.29) is 22.9 Å². The number of carbonyl (C=O) groups excluding carboxylic acids is 3. The molecule has 1 N–H and O–H groups in total. The summed E-state index contributed by atoms with van der Waals surface area (Å²) in [4.78, 5) is 36.2. The van der Waals surface area contributed by atoms with E-state index in [0.29, 0.717) is 31.7 Å². The molecule has 3 rings (SSSR count). The standard InChI is InChI=1S/C15H17N3O5S/c1-10(19)17-5-2-6-18(8-7-17)24(22,23)11-3-4-13-12(9-11)14(20)15(21)16-13/h3-4,9H,2,5-8H2,1H3,(H,16,20,21). The second kappa shape index (κ2) is 5.99. The van der Waals surface area contributed by atoms with Gasteiger partial charge in [0.15, 0.2) is 0 Å². The molecule has 0 saturated carbocycles. The molecule has 2 amide bonds. The number of ketones is 1. The Hall–Kier alpha value is -2.26. The predicted octanol–water partition coefficient (Wildman–Crippen LogP) is 0.0643. The molecule has 2 aliphatic heterocycles. The molecule has 24 heavy (non-hydrogen) atoms. The summed E-state index contributed by atoms with van der Waals surface area (Å²) in [7, 11) is -3.79. The predicted molar refractivity (Wildman–Crippen MR) is 85.0 cm³/mol. The molecule has 0 bridgehead atoms. The van der Waals surface area contributed by atoms with Gasteiger partial charge in [0.2, 0.25) is 15.9 Å². The van der Waals surface area contributed by atoms with Crippen molar-refractivity contribution >= 4 is 33.3 Å². The minimum Gasteiger partial charge on any atom is -0.342 e. The Morgan fingerprint density at radius 2 is 1.88 bits per heavy atom. The van der Waals surface area contributed by atoms with Crippen LogP contribution in [0.4, 0.5) is 5.69 Å². The van der Waals surface area contributed by atoms with Gasteiger partial charge in [0.05, 0.1) is 16.1 Å². The van der Waals surface area contributed by atoms with Gasteiger partial charge in [0, 0.05) is 33.1 Å². The van der Waals surface area contributed by atoms with Crippen molar-refractivity contribution in [1.82, 2.24) is 9.21 Å². The molecule has 2 aliphatic rings. The third kappa shape index (κ3) is 2.80. The highest BCUT2D eigenvalue weighted by atomic mass is 32.2. The van der Waals surface area contributed by atoms with Crippen molar-refractivity contribution in [1.29, 1.82) is 0 Å². The van der Waals surface area contributed by atoms with Gasteiger partial charge in [-0.1, -0.05) is 0 Å². The highest BCUT2D eigenvalue weighted by Gasteiger charge is 2.32. The van der Waals surface area contributed by atoms with Crippen LogP contribution < -0.4 is 5.32 Å². The summed E-state index contributed by atoms with van der Waals surface area (Å²) in [6, 6.07) is 4.03. The molecular weight excluding hydrogens is 334 g/mol. The lowest BCUT2D eigenvalue weighted by Crippen LogP contribution is -2.36. The van der Waals surface area contributed by atoms with Crippen molar-refractivity contribution in [3.63, 3.8) is 0 Å². The molecule has 1 fully saturated rings. The van der Waals surface area contributed by atoms with Crippen molar-refractivity contribution < 1.29 is 22.8 Å². The first-order chi connectivity index (χ1) is 11.3. The number of amides is 2. The fraction of sp³-hybridized carbons (Fsp3) is 0.400. The lowest BCUT2D eigenvalue weighted by molar-refractivity contribution is -0.128. The summed E-state index contributed by atoms with van der Waals surface area (Å²) in [5, 5.41) is 2.39. The Kier molecular flexibility index (Phi) is 4.14. The van der Waals surface area contributed by atoms with Gasteiger partial charge in [-0.25, -0.2) is 8.42 Å². The molecule has 1 saturated heterocycles. The van der Waals surface area contributed by atoms with Crippen LogP contribution >= 0.6 is 0 Å². The molecule has 0 radical (unpaired) electrons. The summed E-state index contributed by atoms with van der Waals surface area (Å²) >= 11 is 0. The molecule has 1 aromatic rings. The molecule has 0 unspecified atom stereocenters. The minimum atomic E-state index is -3.79. The van der Waals surface area contributed by atoms with E-state index in [0.717, 1.165) is 0 Å².